The Hall–Kier alpha value is -2.06. The highest BCUT2D eigenvalue weighted by atomic mass is 16.3. The first-order chi connectivity index (χ1) is 10.3. The van der Waals surface area contributed by atoms with E-state index in [2.05, 4.69) is 59.4 Å². The fourth-order valence-electron chi connectivity index (χ4n) is 3.44. The normalized spacial score (nSPS) is 17.9. The molecule has 1 N–H and O–H groups in total. The summed E-state index contributed by atoms with van der Waals surface area (Å²) in [7, 11) is 0. The molecule has 0 fully saturated rings. The Balaban J connectivity index is 1.72. The minimum Gasteiger partial charge on any atom is -0.388 e. The molecular formula is C19H19NO. The number of hydrogen-bond donors (Lipinski definition) is 1. The number of benzene rings is 2. The highest BCUT2D eigenvalue weighted by Gasteiger charge is 2.19. The van der Waals surface area contributed by atoms with Crippen LogP contribution in [0.4, 0.5) is 0 Å². The fraction of sp³-hybridized carbons (Fsp3) is 0.263. The molecule has 0 saturated heterocycles. The zero-order valence-electron chi connectivity index (χ0n) is 12.0. The molecule has 1 heterocycles. The Bertz CT molecular complexity index is 782. The Morgan fingerprint density at radius 2 is 1.90 bits per heavy atom. The topological polar surface area (TPSA) is 25.2 Å². The Morgan fingerprint density at radius 3 is 2.81 bits per heavy atom. The smallest absolute Gasteiger partial charge is 0.0807 e. The van der Waals surface area contributed by atoms with Crippen molar-refractivity contribution in [2.45, 2.75) is 31.9 Å². The van der Waals surface area contributed by atoms with Gasteiger partial charge in [-0.3, -0.25) is 0 Å². The van der Waals surface area contributed by atoms with Crippen LogP contribution in [0.2, 0.25) is 0 Å². The van der Waals surface area contributed by atoms with Crippen LogP contribution in [0.5, 0.6) is 0 Å². The summed E-state index contributed by atoms with van der Waals surface area (Å²) in [6.45, 7) is 0.862. The van der Waals surface area contributed by atoms with E-state index in [1.807, 2.05) is 0 Å². The minimum atomic E-state index is -0.275. The van der Waals surface area contributed by atoms with E-state index in [0.29, 0.717) is 0 Å². The van der Waals surface area contributed by atoms with Gasteiger partial charge in [-0.1, -0.05) is 42.5 Å². The Morgan fingerprint density at radius 1 is 1.05 bits per heavy atom. The Kier molecular flexibility index (Phi) is 3.04. The van der Waals surface area contributed by atoms with Crippen molar-refractivity contribution in [2.24, 2.45) is 0 Å². The zero-order chi connectivity index (χ0) is 14.2. The van der Waals surface area contributed by atoms with Gasteiger partial charge < -0.3 is 9.67 Å². The van der Waals surface area contributed by atoms with Gasteiger partial charge in [0.2, 0.25) is 0 Å². The van der Waals surface area contributed by atoms with E-state index in [4.69, 9.17) is 0 Å². The Labute approximate surface area is 124 Å². The van der Waals surface area contributed by atoms with Crippen LogP contribution in [0, 0.1) is 0 Å². The quantitative estimate of drug-likeness (QED) is 0.751. The van der Waals surface area contributed by atoms with Crippen LogP contribution in [0.1, 0.15) is 35.6 Å². The molecule has 4 rings (SSSR count). The van der Waals surface area contributed by atoms with Gasteiger partial charge in [0.1, 0.15) is 0 Å². The molecule has 1 aliphatic carbocycles. The number of hydrogen-bond acceptors (Lipinski definition) is 1. The summed E-state index contributed by atoms with van der Waals surface area (Å²) >= 11 is 0. The number of aliphatic hydroxyl groups excluding tert-OH is 1. The lowest BCUT2D eigenvalue weighted by Crippen LogP contribution is -2.05. The molecule has 2 nitrogen and oxygen atoms in total. The fourth-order valence-corrected chi connectivity index (χ4v) is 3.44. The van der Waals surface area contributed by atoms with Gasteiger partial charge in [0.05, 0.1) is 6.10 Å². The van der Waals surface area contributed by atoms with Crippen LogP contribution >= 0.6 is 0 Å². The lowest BCUT2D eigenvalue weighted by atomic mass is 9.93. The van der Waals surface area contributed by atoms with Crippen molar-refractivity contribution in [2.75, 3.05) is 0 Å². The van der Waals surface area contributed by atoms with Gasteiger partial charge in [-0.15, -0.1) is 0 Å². The summed E-state index contributed by atoms with van der Waals surface area (Å²) in [6.07, 6.45) is 7.13. The average molecular weight is 277 g/mol. The van der Waals surface area contributed by atoms with Gasteiger partial charge in [-0.25, -0.2) is 0 Å². The molecule has 21 heavy (non-hydrogen) atoms. The number of aliphatic hydroxyl groups is 1. The molecule has 0 radical (unpaired) electrons. The predicted molar refractivity (Wildman–Crippen MR) is 85.4 cm³/mol. The van der Waals surface area contributed by atoms with E-state index >= 15 is 0 Å². The molecule has 0 saturated carbocycles. The molecule has 0 spiro atoms. The predicted octanol–water partition coefficient (Wildman–Crippen LogP) is 4.06. The third-order valence-electron chi connectivity index (χ3n) is 4.51. The van der Waals surface area contributed by atoms with Crippen molar-refractivity contribution in [3.63, 3.8) is 0 Å². The number of rotatable bonds is 2. The van der Waals surface area contributed by atoms with E-state index in [1.165, 1.54) is 21.9 Å². The number of aryl methyl sites for hydroxylation is 1. The maximum Gasteiger partial charge on any atom is 0.0807 e. The van der Waals surface area contributed by atoms with Crippen molar-refractivity contribution in [3.05, 3.63) is 71.5 Å². The van der Waals surface area contributed by atoms with E-state index in [9.17, 15) is 5.11 Å². The summed E-state index contributed by atoms with van der Waals surface area (Å²) in [5.74, 6) is 0. The van der Waals surface area contributed by atoms with Gasteiger partial charge in [0.15, 0.2) is 0 Å². The highest BCUT2D eigenvalue weighted by Crippen LogP contribution is 2.30. The third-order valence-corrected chi connectivity index (χ3v) is 4.51. The lowest BCUT2D eigenvalue weighted by molar-refractivity contribution is 0.157. The first kappa shape index (κ1) is 12.7. The van der Waals surface area contributed by atoms with Crippen molar-refractivity contribution in [1.29, 1.82) is 0 Å². The van der Waals surface area contributed by atoms with Gasteiger partial charge >= 0.3 is 0 Å². The van der Waals surface area contributed by atoms with Crippen LogP contribution in [0.15, 0.2) is 54.9 Å². The molecule has 1 atom stereocenters. The average Bonchev–Trinajstić information content (AvgIpc) is 2.92. The van der Waals surface area contributed by atoms with Crippen molar-refractivity contribution >= 4 is 10.8 Å². The molecule has 0 amide bonds. The molecule has 0 bridgehead atoms. The summed E-state index contributed by atoms with van der Waals surface area (Å²) in [4.78, 5) is 0. The van der Waals surface area contributed by atoms with Gasteiger partial charge in [0.25, 0.3) is 0 Å². The second-order valence-electron chi connectivity index (χ2n) is 5.96. The second kappa shape index (κ2) is 5.05. The molecule has 2 aromatic carbocycles. The maximum atomic E-state index is 10.1. The van der Waals surface area contributed by atoms with Crippen molar-refractivity contribution in [3.8, 4) is 0 Å². The molecule has 1 aromatic heterocycles. The lowest BCUT2D eigenvalue weighted by Gasteiger charge is -2.16. The molecule has 2 heteroatoms. The van der Waals surface area contributed by atoms with Gasteiger partial charge in [-0.05, 0) is 41.2 Å². The van der Waals surface area contributed by atoms with Crippen LogP contribution in [-0.4, -0.2) is 9.67 Å². The summed E-state index contributed by atoms with van der Waals surface area (Å²) in [6, 6.07) is 15.0. The van der Waals surface area contributed by atoms with E-state index < -0.39 is 0 Å². The van der Waals surface area contributed by atoms with E-state index in [-0.39, 0.29) is 6.10 Å². The van der Waals surface area contributed by atoms with Crippen molar-refractivity contribution < 1.29 is 5.11 Å². The summed E-state index contributed by atoms with van der Waals surface area (Å²) < 4.78 is 2.22. The number of fused-ring (bicyclic) bond motifs is 2. The zero-order valence-corrected chi connectivity index (χ0v) is 12.0. The number of aromatic nitrogens is 1. The first-order valence-electron chi connectivity index (χ1n) is 7.64. The maximum absolute atomic E-state index is 10.1. The molecule has 3 aromatic rings. The molecule has 1 aliphatic rings. The summed E-state index contributed by atoms with van der Waals surface area (Å²) in [5.41, 5.74) is 3.77. The van der Waals surface area contributed by atoms with Crippen molar-refractivity contribution in [1.82, 2.24) is 4.57 Å². The van der Waals surface area contributed by atoms with Crippen LogP contribution in [-0.2, 0) is 13.0 Å². The van der Waals surface area contributed by atoms with E-state index in [0.717, 1.165) is 31.4 Å². The highest BCUT2D eigenvalue weighted by molar-refractivity contribution is 5.85. The second-order valence-corrected chi connectivity index (χ2v) is 5.96. The molecule has 106 valence electrons. The minimum absolute atomic E-state index is 0.275. The van der Waals surface area contributed by atoms with Crippen LogP contribution in [0.25, 0.3) is 10.8 Å². The van der Waals surface area contributed by atoms with Crippen LogP contribution in [0.3, 0.4) is 0 Å². The third kappa shape index (κ3) is 2.26. The van der Waals surface area contributed by atoms with Gasteiger partial charge in [0, 0.05) is 24.5 Å². The SMILES string of the molecule is OC1CCCc2cn(Cc3cccc4ccccc34)cc21. The van der Waals surface area contributed by atoms with E-state index in [1.54, 1.807) is 0 Å². The monoisotopic (exact) mass is 277 g/mol. The summed E-state index contributed by atoms with van der Waals surface area (Å²) in [5, 5.41) is 12.7. The molecule has 1 unspecified atom stereocenters. The number of nitrogens with zero attached hydrogens (tertiary/aromatic N) is 1. The first-order valence-corrected chi connectivity index (χ1v) is 7.64. The largest absolute Gasteiger partial charge is 0.388 e. The molecule has 0 aliphatic heterocycles. The van der Waals surface area contributed by atoms with Crippen LogP contribution < -0.4 is 0 Å². The van der Waals surface area contributed by atoms with Gasteiger partial charge in [-0.2, -0.15) is 0 Å². The molecular weight excluding hydrogens is 258 g/mol. The standard InChI is InChI=1S/C19H19NO/c21-19-10-4-8-16-12-20(13-18(16)19)11-15-7-3-6-14-5-1-2-9-17(14)15/h1-3,5-7,9,12-13,19,21H,4,8,10-11H2.